The van der Waals surface area contributed by atoms with E-state index in [9.17, 15) is 0 Å². The third-order valence-corrected chi connectivity index (χ3v) is 5.98. The second-order valence-corrected chi connectivity index (χ2v) is 8.59. The van der Waals surface area contributed by atoms with Crippen LogP contribution in [0.5, 0.6) is 0 Å². The van der Waals surface area contributed by atoms with Crippen molar-refractivity contribution in [1.29, 1.82) is 0 Å². The summed E-state index contributed by atoms with van der Waals surface area (Å²) in [5, 5.41) is 4.00. The number of allylic oxidation sites excluding steroid dienone is 1. The van der Waals surface area contributed by atoms with Crippen LogP contribution in [-0.4, -0.2) is 48.6 Å². The van der Waals surface area contributed by atoms with Crippen molar-refractivity contribution in [3.05, 3.63) is 11.4 Å². The van der Waals surface area contributed by atoms with E-state index in [4.69, 9.17) is 0 Å². The summed E-state index contributed by atoms with van der Waals surface area (Å²) in [6.07, 6.45) is 10.7. The lowest BCUT2D eigenvalue weighted by atomic mass is 9.88. The highest BCUT2D eigenvalue weighted by molar-refractivity contribution is 5.18. The third kappa shape index (κ3) is 5.15. The van der Waals surface area contributed by atoms with Gasteiger partial charge in [-0.3, -0.25) is 0 Å². The molecular weight excluding hydrogens is 294 g/mol. The molecule has 0 aromatic carbocycles. The zero-order valence-corrected chi connectivity index (χ0v) is 17.0. The van der Waals surface area contributed by atoms with Crippen molar-refractivity contribution in [2.75, 3.05) is 33.2 Å². The van der Waals surface area contributed by atoms with Crippen LogP contribution in [0.3, 0.4) is 0 Å². The van der Waals surface area contributed by atoms with E-state index < -0.39 is 0 Å². The molecule has 0 saturated carbocycles. The highest BCUT2D eigenvalue weighted by atomic mass is 15.3. The summed E-state index contributed by atoms with van der Waals surface area (Å²) >= 11 is 0. The standard InChI is InChI=1S/C21H41N3/c1-6-8-12-21(13-9-7-2)17-24(20(22-21)18(3)4)15-11-19-10-14-23(5)16-19/h19,22H,6-17H2,1-5H3. The van der Waals surface area contributed by atoms with Gasteiger partial charge in [0.05, 0.1) is 5.54 Å². The van der Waals surface area contributed by atoms with E-state index in [0.717, 1.165) is 5.92 Å². The fraction of sp³-hybridized carbons (Fsp3) is 0.905. The summed E-state index contributed by atoms with van der Waals surface area (Å²) in [7, 11) is 2.26. The lowest BCUT2D eigenvalue weighted by Crippen LogP contribution is -2.42. The summed E-state index contributed by atoms with van der Waals surface area (Å²) in [6.45, 7) is 14.2. The van der Waals surface area contributed by atoms with Crippen molar-refractivity contribution in [3.8, 4) is 0 Å². The maximum absolute atomic E-state index is 4.00. The molecular formula is C21H41N3. The molecule has 1 N–H and O–H groups in total. The Bertz CT molecular complexity index is 403. The summed E-state index contributed by atoms with van der Waals surface area (Å²) in [5.41, 5.74) is 1.78. The van der Waals surface area contributed by atoms with E-state index in [-0.39, 0.29) is 0 Å². The van der Waals surface area contributed by atoms with E-state index >= 15 is 0 Å². The molecule has 0 bridgehead atoms. The number of likely N-dealkylation sites (tertiary alicyclic amines) is 1. The molecule has 1 unspecified atom stereocenters. The molecule has 0 aromatic rings. The maximum atomic E-state index is 4.00. The monoisotopic (exact) mass is 335 g/mol. The first-order chi connectivity index (χ1) is 11.5. The van der Waals surface area contributed by atoms with Gasteiger partial charge in [0.25, 0.3) is 0 Å². The van der Waals surface area contributed by atoms with Crippen LogP contribution in [0.2, 0.25) is 0 Å². The Kier molecular flexibility index (Phi) is 7.46. The molecule has 2 aliphatic rings. The first kappa shape index (κ1) is 19.6. The molecule has 0 spiro atoms. The highest BCUT2D eigenvalue weighted by Gasteiger charge is 2.39. The maximum Gasteiger partial charge on any atom is 0.100 e. The Balaban J connectivity index is 2.01. The molecule has 2 aliphatic heterocycles. The van der Waals surface area contributed by atoms with Gasteiger partial charge in [-0.1, -0.05) is 39.5 Å². The van der Waals surface area contributed by atoms with E-state index in [0.29, 0.717) is 5.54 Å². The number of unbranched alkanes of at least 4 members (excludes halogenated alkanes) is 2. The summed E-state index contributed by atoms with van der Waals surface area (Å²) in [4.78, 5) is 5.17. The van der Waals surface area contributed by atoms with E-state index in [1.807, 2.05) is 0 Å². The summed E-state index contributed by atoms with van der Waals surface area (Å²) < 4.78 is 0. The van der Waals surface area contributed by atoms with Gasteiger partial charge in [-0.15, -0.1) is 0 Å². The molecule has 0 radical (unpaired) electrons. The minimum absolute atomic E-state index is 0.324. The normalized spacial score (nSPS) is 23.8. The van der Waals surface area contributed by atoms with Gasteiger partial charge in [0.2, 0.25) is 0 Å². The van der Waals surface area contributed by atoms with Crippen LogP contribution in [0, 0.1) is 5.92 Å². The van der Waals surface area contributed by atoms with Gasteiger partial charge >= 0.3 is 0 Å². The summed E-state index contributed by atoms with van der Waals surface area (Å²) in [5.74, 6) is 2.34. The van der Waals surface area contributed by atoms with Gasteiger partial charge in [-0.2, -0.15) is 0 Å². The molecule has 24 heavy (non-hydrogen) atoms. The van der Waals surface area contributed by atoms with Crippen LogP contribution in [0.1, 0.15) is 79.1 Å². The lowest BCUT2D eigenvalue weighted by molar-refractivity contribution is 0.271. The topological polar surface area (TPSA) is 18.5 Å². The molecule has 2 heterocycles. The summed E-state index contributed by atoms with van der Waals surface area (Å²) in [6, 6.07) is 0. The number of hydrogen-bond donors (Lipinski definition) is 1. The second-order valence-electron chi connectivity index (χ2n) is 8.59. The van der Waals surface area contributed by atoms with Gasteiger partial charge < -0.3 is 15.1 Å². The largest absolute Gasteiger partial charge is 0.365 e. The van der Waals surface area contributed by atoms with Crippen LogP contribution in [0.25, 0.3) is 0 Å². The van der Waals surface area contributed by atoms with Gasteiger partial charge in [-0.25, -0.2) is 0 Å². The van der Waals surface area contributed by atoms with Gasteiger partial charge in [0.1, 0.15) is 5.82 Å². The fourth-order valence-corrected chi connectivity index (χ4v) is 4.49. The number of nitrogens with zero attached hydrogens (tertiary/aromatic N) is 2. The van der Waals surface area contributed by atoms with Crippen molar-refractivity contribution >= 4 is 0 Å². The van der Waals surface area contributed by atoms with Crippen molar-refractivity contribution < 1.29 is 0 Å². The molecule has 0 aliphatic carbocycles. The first-order valence-electron chi connectivity index (χ1n) is 10.4. The highest BCUT2D eigenvalue weighted by Crippen LogP contribution is 2.33. The first-order valence-corrected chi connectivity index (χ1v) is 10.4. The van der Waals surface area contributed by atoms with Crippen LogP contribution < -0.4 is 5.32 Å². The van der Waals surface area contributed by atoms with E-state index in [1.54, 1.807) is 0 Å². The Morgan fingerprint density at radius 1 is 1.17 bits per heavy atom. The number of hydrogen-bond acceptors (Lipinski definition) is 3. The zero-order chi connectivity index (χ0) is 17.6. The van der Waals surface area contributed by atoms with Crippen LogP contribution >= 0.6 is 0 Å². The molecule has 140 valence electrons. The Labute approximate surface area is 150 Å². The molecule has 2 saturated heterocycles. The smallest absolute Gasteiger partial charge is 0.100 e. The minimum Gasteiger partial charge on any atom is -0.365 e. The van der Waals surface area contributed by atoms with Crippen molar-refractivity contribution in [1.82, 2.24) is 15.1 Å². The molecule has 2 fully saturated rings. The fourth-order valence-electron chi connectivity index (χ4n) is 4.49. The molecule has 3 nitrogen and oxygen atoms in total. The number of rotatable bonds is 9. The lowest BCUT2D eigenvalue weighted by Gasteiger charge is -2.29. The van der Waals surface area contributed by atoms with Gasteiger partial charge in [0.15, 0.2) is 0 Å². The second kappa shape index (κ2) is 9.12. The number of nitrogens with one attached hydrogen (secondary N) is 1. The van der Waals surface area contributed by atoms with Gasteiger partial charge in [-0.05, 0) is 64.6 Å². The Hall–Kier alpha value is -0.700. The van der Waals surface area contributed by atoms with Crippen molar-refractivity contribution in [2.24, 2.45) is 5.92 Å². The van der Waals surface area contributed by atoms with Crippen molar-refractivity contribution in [3.63, 3.8) is 0 Å². The third-order valence-electron chi connectivity index (χ3n) is 5.98. The molecule has 2 rings (SSSR count). The minimum atomic E-state index is 0.324. The average Bonchev–Trinajstić information content (AvgIpc) is 3.13. The molecule has 0 aromatic heterocycles. The zero-order valence-electron chi connectivity index (χ0n) is 17.0. The van der Waals surface area contributed by atoms with Crippen molar-refractivity contribution in [2.45, 2.75) is 84.6 Å². The van der Waals surface area contributed by atoms with E-state index in [1.165, 1.54) is 88.9 Å². The Morgan fingerprint density at radius 2 is 1.83 bits per heavy atom. The van der Waals surface area contributed by atoms with Crippen LogP contribution in [-0.2, 0) is 0 Å². The molecule has 0 amide bonds. The van der Waals surface area contributed by atoms with Crippen LogP contribution in [0.15, 0.2) is 11.4 Å². The van der Waals surface area contributed by atoms with Gasteiger partial charge in [0, 0.05) is 19.6 Å². The SMILES string of the molecule is CCCCC1(CCCC)CN(CCC2CCN(C)C2)C(=C(C)C)N1. The van der Waals surface area contributed by atoms with Crippen LogP contribution in [0.4, 0.5) is 0 Å². The quantitative estimate of drug-likeness (QED) is 0.664. The molecule has 1 atom stereocenters. The molecule has 3 heteroatoms. The average molecular weight is 336 g/mol. The predicted octanol–water partition coefficient (Wildman–Crippen LogP) is 4.60. The Morgan fingerprint density at radius 3 is 2.33 bits per heavy atom. The van der Waals surface area contributed by atoms with E-state index in [2.05, 4.69) is 49.9 Å². The predicted molar refractivity (Wildman–Crippen MR) is 105 cm³/mol.